The van der Waals surface area contributed by atoms with Gasteiger partial charge in [0.2, 0.25) is 15.9 Å². The van der Waals surface area contributed by atoms with E-state index >= 15 is 0 Å². The number of aryl methyl sites for hydroxylation is 1. The minimum atomic E-state index is -3.66. The first-order valence-electron chi connectivity index (χ1n) is 9.84. The van der Waals surface area contributed by atoms with Gasteiger partial charge in [0, 0.05) is 6.54 Å². The van der Waals surface area contributed by atoms with Gasteiger partial charge in [0.15, 0.2) is 0 Å². The molecule has 164 valence electrons. The fourth-order valence-corrected chi connectivity index (χ4v) is 4.52. The standard InChI is InChI=1S/C22H30N2O5S/c1-5-20(24(30(4,26)27)18-12-14-19(28-2)15-13-18)22(25)23-16-8-10-17-9-6-7-11-21(17)29-3/h6-7,9,11-15,20H,5,8,10,16H2,1-4H3,(H,23,25). The minimum absolute atomic E-state index is 0.321. The van der Waals surface area contributed by atoms with E-state index in [4.69, 9.17) is 9.47 Å². The van der Waals surface area contributed by atoms with Crippen LogP contribution in [0.5, 0.6) is 11.5 Å². The van der Waals surface area contributed by atoms with Crippen LogP contribution in [0.2, 0.25) is 0 Å². The van der Waals surface area contributed by atoms with E-state index < -0.39 is 16.1 Å². The number of hydrogen-bond donors (Lipinski definition) is 1. The fraction of sp³-hybridized carbons (Fsp3) is 0.409. The van der Waals surface area contributed by atoms with Crippen LogP contribution in [-0.4, -0.2) is 47.4 Å². The Morgan fingerprint density at radius 1 is 1.07 bits per heavy atom. The Hall–Kier alpha value is -2.74. The van der Waals surface area contributed by atoms with Gasteiger partial charge in [-0.3, -0.25) is 9.10 Å². The lowest BCUT2D eigenvalue weighted by molar-refractivity contribution is -0.122. The van der Waals surface area contributed by atoms with Crippen molar-refractivity contribution in [3.05, 3.63) is 54.1 Å². The summed E-state index contributed by atoms with van der Waals surface area (Å²) in [4.78, 5) is 12.8. The van der Waals surface area contributed by atoms with E-state index in [1.54, 1.807) is 38.3 Å². The highest BCUT2D eigenvalue weighted by atomic mass is 32.2. The summed E-state index contributed by atoms with van der Waals surface area (Å²) >= 11 is 0. The first-order chi connectivity index (χ1) is 14.3. The third-order valence-electron chi connectivity index (χ3n) is 4.77. The summed E-state index contributed by atoms with van der Waals surface area (Å²) in [5, 5.41) is 2.88. The molecule has 0 aliphatic carbocycles. The summed E-state index contributed by atoms with van der Waals surface area (Å²) < 4.78 is 36.6. The molecule has 0 aliphatic heterocycles. The second kappa shape index (κ2) is 10.9. The number of benzene rings is 2. The summed E-state index contributed by atoms with van der Waals surface area (Å²) in [6.45, 7) is 2.23. The maximum absolute atomic E-state index is 12.8. The Labute approximate surface area is 179 Å². The van der Waals surface area contributed by atoms with Crippen molar-refractivity contribution in [3.63, 3.8) is 0 Å². The summed E-state index contributed by atoms with van der Waals surface area (Å²) in [6.07, 6.45) is 2.91. The second-order valence-corrected chi connectivity index (χ2v) is 8.75. The van der Waals surface area contributed by atoms with Crippen molar-refractivity contribution in [2.75, 3.05) is 31.3 Å². The average molecular weight is 435 g/mol. The van der Waals surface area contributed by atoms with Gasteiger partial charge in [-0.25, -0.2) is 8.42 Å². The fourth-order valence-electron chi connectivity index (χ4n) is 3.31. The van der Waals surface area contributed by atoms with Crippen molar-refractivity contribution >= 4 is 21.6 Å². The Balaban J connectivity index is 2.06. The van der Waals surface area contributed by atoms with Crippen LogP contribution >= 0.6 is 0 Å². The van der Waals surface area contributed by atoms with E-state index in [0.717, 1.165) is 24.0 Å². The molecule has 0 bridgehead atoms. The lowest BCUT2D eigenvalue weighted by Crippen LogP contribution is -2.49. The van der Waals surface area contributed by atoms with Crippen LogP contribution in [0.1, 0.15) is 25.3 Å². The van der Waals surface area contributed by atoms with E-state index in [1.807, 2.05) is 24.3 Å². The number of nitrogens with zero attached hydrogens (tertiary/aromatic N) is 1. The van der Waals surface area contributed by atoms with Crippen LogP contribution in [0.25, 0.3) is 0 Å². The Morgan fingerprint density at radius 2 is 1.73 bits per heavy atom. The molecule has 0 aliphatic rings. The Morgan fingerprint density at radius 3 is 2.30 bits per heavy atom. The number of anilines is 1. The van der Waals surface area contributed by atoms with Gasteiger partial charge >= 0.3 is 0 Å². The second-order valence-electron chi connectivity index (χ2n) is 6.89. The topological polar surface area (TPSA) is 84.9 Å². The predicted molar refractivity (Wildman–Crippen MR) is 119 cm³/mol. The van der Waals surface area contributed by atoms with Crippen molar-refractivity contribution in [1.82, 2.24) is 5.32 Å². The van der Waals surface area contributed by atoms with Gasteiger partial charge < -0.3 is 14.8 Å². The normalized spacial score (nSPS) is 12.1. The number of hydrogen-bond acceptors (Lipinski definition) is 5. The number of nitrogens with one attached hydrogen (secondary N) is 1. The molecule has 8 heteroatoms. The van der Waals surface area contributed by atoms with E-state index in [9.17, 15) is 13.2 Å². The number of ether oxygens (including phenoxy) is 2. The first-order valence-corrected chi connectivity index (χ1v) is 11.7. The van der Waals surface area contributed by atoms with Crippen molar-refractivity contribution < 1.29 is 22.7 Å². The van der Waals surface area contributed by atoms with Gasteiger partial charge in [-0.05, 0) is 55.2 Å². The van der Waals surface area contributed by atoms with Crippen LogP contribution in [0, 0.1) is 0 Å². The Kier molecular flexibility index (Phi) is 8.53. The predicted octanol–water partition coefficient (Wildman–Crippen LogP) is 3.00. The molecule has 1 unspecified atom stereocenters. The highest BCUT2D eigenvalue weighted by Crippen LogP contribution is 2.25. The Bertz CT molecular complexity index is 929. The summed E-state index contributed by atoms with van der Waals surface area (Å²) in [5.74, 6) is 1.11. The number of carbonyl (C=O) groups is 1. The van der Waals surface area contributed by atoms with Crippen LogP contribution in [0.4, 0.5) is 5.69 Å². The molecule has 0 heterocycles. The lowest BCUT2D eigenvalue weighted by atomic mass is 10.1. The van der Waals surface area contributed by atoms with Crippen molar-refractivity contribution in [2.45, 2.75) is 32.2 Å². The zero-order valence-corrected chi connectivity index (χ0v) is 18.7. The molecule has 7 nitrogen and oxygen atoms in total. The molecule has 0 saturated heterocycles. The van der Waals surface area contributed by atoms with Gasteiger partial charge in [-0.2, -0.15) is 0 Å². The third-order valence-corrected chi connectivity index (χ3v) is 5.95. The smallest absolute Gasteiger partial charge is 0.243 e. The maximum atomic E-state index is 12.8. The number of amides is 1. The monoisotopic (exact) mass is 434 g/mol. The highest BCUT2D eigenvalue weighted by molar-refractivity contribution is 7.92. The largest absolute Gasteiger partial charge is 0.497 e. The number of carbonyl (C=O) groups excluding carboxylic acids is 1. The van der Waals surface area contributed by atoms with Crippen molar-refractivity contribution in [3.8, 4) is 11.5 Å². The summed E-state index contributed by atoms with van der Waals surface area (Å²) in [6, 6.07) is 13.5. The molecule has 0 saturated carbocycles. The van der Waals surface area contributed by atoms with Gasteiger partial charge in [-0.15, -0.1) is 0 Å². The lowest BCUT2D eigenvalue weighted by Gasteiger charge is -2.30. The van der Waals surface area contributed by atoms with Crippen LogP contribution in [-0.2, 0) is 21.2 Å². The van der Waals surface area contributed by atoms with Gasteiger partial charge in [0.25, 0.3) is 0 Å². The number of sulfonamides is 1. The van der Waals surface area contributed by atoms with E-state index in [1.165, 1.54) is 11.4 Å². The van der Waals surface area contributed by atoms with E-state index in [-0.39, 0.29) is 5.91 Å². The van der Waals surface area contributed by atoms with Crippen LogP contribution in [0.3, 0.4) is 0 Å². The molecule has 1 atom stereocenters. The van der Waals surface area contributed by atoms with E-state index in [2.05, 4.69) is 5.32 Å². The molecular formula is C22H30N2O5S. The van der Waals surface area contributed by atoms with Crippen LogP contribution in [0.15, 0.2) is 48.5 Å². The minimum Gasteiger partial charge on any atom is -0.497 e. The molecule has 2 rings (SSSR count). The first kappa shape index (κ1) is 23.5. The summed E-state index contributed by atoms with van der Waals surface area (Å²) in [7, 11) is -0.493. The van der Waals surface area contributed by atoms with Crippen molar-refractivity contribution in [2.24, 2.45) is 0 Å². The number of para-hydroxylation sites is 1. The van der Waals surface area contributed by atoms with E-state index in [0.29, 0.717) is 30.8 Å². The molecule has 1 N–H and O–H groups in total. The molecule has 2 aromatic carbocycles. The average Bonchev–Trinajstić information content (AvgIpc) is 2.74. The summed E-state index contributed by atoms with van der Waals surface area (Å²) in [5.41, 5.74) is 1.49. The molecule has 2 aromatic rings. The SMILES string of the molecule is CCC(C(=O)NCCCc1ccccc1OC)N(c1ccc(OC)cc1)S(C)(=O)=O. The van der Waals surface area contributed by atoms with Gasteiger partial charge in [-0.1, -0.05) is 25.1 Å². The highest BCUT2D eigenvalue weighted by Gasteiger charge is 2.31. The molecule has 30 heavy (non-hydrogen) atoms. The molecular weight excluding hydrogens is 404 g/mol. The van der Waals surface area contributed by atoms with Gasteiger partial charge in [0.1, 0.15) is 17.5 Å². The maximum Gasteiger partial charge on any atom is 0.243 e. The molecule has 0 radical (unpaired) electrons. The van der Waals surface area contributed by atoms with Crippen LogP contribution < -0.4 is 19.1 Å². The number of rotatable bonds is 11. The molecule has 1 amide bonds. The third kappa shape index (κ3) is 6.13. The molecule has 0 fully saturated rings. The zero-order valence-electron chi connectivity index (χ0n) is 17.9. The molecule has 0 aromatic heterocycles. The van der Waals surface area contributed by atoms with Gasteiger partial charge in [0.05, 0.1) is 26.2 Å². The zero-order chi connectivity index (χ0) is 22.1. The number of methoxy groups -OCH3 is 2. The molecule has 0 spiro atoms. The van der Waals surface area contributed by atoms with Crippen molar-refractivity contribution in [1.29, 1.82) is 0 Å². The quantitative estimate of drug-likeness (QED) is 0.550.